The first-order chi connectivity index (χ1) is 13.1. The van der Waals surface area contributed by atoms with E-state index in [1.165, 1.54) is 19.5 Å². The van der Waals surface area contributed by atoms with Crippen molar-refractivity contribution in [3.05, 3.63) is 47.8 Å². The Balaban J connectivity index is 1.78. The Bertz CT molecular complexity index is 832. The number of rotatable bonds is 5. The van der Waals surface area contributed by atoms with Gasteiger partial charge in [-0.1, -0.05) is 0 Å². The SMILES string of the molecule is COc1ccc(OC)c(NC(=O)c2cncc(C(=O)N3CCCCC3)c2)c1. The van der Waals surface area contributed by atoms with Crippen LogP contribution in [-0.2, 0) is 0 Å². The van der Waals surface area contributed by atoms with Crippen molar-refractivity contribution in [3.63, 3.8) is 0 Å². The Morgan fingerprint density at radius 3 is 2.44 bits per heavy atom. The molecule has 1 saturated heterocycles. The lowest BCUT2D eigenvalue weighted by Crippen LogP contribution is -2.35. The molecule has 2 aromatic rings. The van der Waals surface area contributed by atoms with Gasteiger partial charge in [0.1, 0.15) is 11.5 Å². The summed E-state index contributed by atoms with van der Waals surface area (Å²) < 4.78 is 10.5. The number of anilines is 1. The lowest BCUT2D eigenvalue weighted by molar-refractivity contribution is 0.0724. The number of nitrogens with zero attached hydrogens (tertiary/aromatic N) is 2. The van der Waals surface area contributed by atoms with E-state index in [2.05, 4.69) is 10.3 Å². The Hall–Kier alpha value is -3.09. The van der Waals surface area contributed by atoms with Crippen LogP contribution in [0.5, 0.6) is 11.5 Å². The van der Waals surface area contributed by atoms with Gasteiger partial charge in [-0.05, 0) is 37.5 Å². The smallest absolute Gasteiger partial charge is 0.257 e. The standard InChI is InChI=1S/C20H23N3O4/c1-26-16-6-7-18(27-2)17(11-16)22-19(24)14-10-15(13-21-12-14)20(25)23-8-4-3-5-9-23/h6-7,10-13H,3-5,8-9H2,1-2H3,(H,22,24). The predicted molar refractivity (Wildman–Crippen MR) is 101 cm³/mol. The van der Waals surface area contributed by atoms with Crippen LogP contribution in [-0.4, -0.2) is 49.0 Å². The summed E-state index contributed by atoms with van der Waals surface area (Å²) in [5.74, 6) is 0.647. The molecule has 0 radical (unpaired) electrons. The van der Waals surface area contributed by atoms with Gasteiger partial charge in [0, 0.05) is 31.5 Å². The molecular formula is C20H23N3O4. The molecule has 2 amide bonds. The average molecular weight is 369 g/mol. The summed E-state index contributed by atoms with van der Waals surface area (Å²) in [5, 5.41) is 2.79. The highest BCUT2D eigenvalue weighted by Gasteiger charge is 2.20. The summed E-state index contributed by atoms with van der Waals surface area (Å²) in [7, 11) is 3.07. The van der Waals surface area contributed by atoms with Crippen LogP contribution >= 0.6 is 0 Å². The third kappa shape index (κ3) is 4.36. The number of ether oxygens (including phenoxy) is 2. The summed E-state index contributed by atoms with van der Waals surface area (Å²) in [6.45, 7) is 1.49. The van der Waals surface area contributed by atoms with Crippen molar-refractivity contribution in [2.75, 3.05) is 32.6 Å². The van der Waals surface area contributed by atoms with Crippen molar-refractivity contribution in [3.8, 4) is 11.5 Å². The quantitative estimate of drug-likeness (QED) is 0.876. The zero-order valence-corrected chi connectivity index (χ0v) is 15.5. The van der Waals surface area contributed by atoms with Crippen LogP contribution in [0.25, 0.3) is 0 Å². The molecule has 1 N–H and O–H groups in total. The van der Waals surface area contributed by atoms with Gasteiger partial charge in [-0.3, -0.25) is 14.6 Å². The summed E-state index contributed by atoms with van der Waals surface area (Å²) >= 11 is 0. The number of carbonyl (C=O) groups excluding carboxylic acids is 2. The number of benzene rings is 1. The molecule has 7 nitrogen and oxygen atoms in total. The lowest BCUT2D eigenvalue weighted by Gasteiger charge is -2.26. The topological polar surface area (TPSA) is 80.8 Å². The first-order valence-corrected chi connectivity index (χ1v) is 8.90. The molecule has 0 saturated carbocycles. The predicted octanol–water partition coefficient (Wildman–Crippen LogP) is 2.98. The molecule has 27 heavy (non-hydrogen) atoms. The molecule has 1 aliphatic heterocycles. The summed E-state index contributed by atoms with van der Waals surface area (Å²) in [6.07, 6.45) is 6.10. The molecule has 0 atom stereocenters. The maximum atomic E-state index is 12.7. The molecule has 1 fully saturated rings. The molecule has 3 rings (SSSR count). The van der Waals surface area contributed by atoms with E-state index in [1.54, 1.807) is 31.4 Å². The minimum absolute atomic E-state index is 0.0872. The zero-order valence-electron chi connectivity index (χ0n) is 15.5. The molecule has 142 valence electrons. The Morgan fingerprint density at radius 1 is 1.00 bits per heavy atom. The van der Waals surface area contributed by atoms with E-state index in [0.29, 0.717) is 28.3 Å². The Labute approximate surface area is 158 Å². The van der Waals surface area contributed by atoms with E-state index >= 15 is 0 Å². The lowest BCUT2D eigenvalue weighted by atomic mass is 10.1. The molecule has 0 aliphatic carbocycles. The second kappa shape index (κ2) is 8.53. The third-order valence-corrected chi connectivity index (χ3v) is 4.55. The maximum Gasteiger partial charge on any atom is 0.257 e. The monoisotopic (exact) mass is 369 g/mol. The van der Waals surface area contributed by atoms with Crippen LogP contribution in [0, 0.1) is 0 Å². The maximum absolute atomic E-state index is 12.7. The fourth-order valence-electron chi connectivity index (χ4n) is 3.07. The van der Waals surface area contributed by atoms with E-state index < -0.39 is 0 Å². The Morgan fingerprint density at radius 2 is 1.74 bits per heavy atom. The van der Waals surface area contributed by atoms with Crippen molar-refractivity contribution in [2.45, 2.75) is 19.3 Å². The van der Waals surface area contributed by atoms with Gasteiger partial charge in [0.05, 0.1) is 31.0 Å². The zero-order chi connectivity index (χ0) is 19.2. The van der Waals surface area contributed by atoms with Gasteiger partial charge in [-0.25, -0.2) is 0 Å². The second-order valence-corrected chi connectivity index (χ2v) is 6.34. The van der Waals surface area contributed by atoms with Crippen LogP contribution in [0.2, 0.25) is 0 Å². The minimum Gasteiger partial charge on any atom is -0.497 e. The number of pyridine rings is 1. The van der Waals surface area contributed by atoms with Gasteiger partial charge in [0.25, 0.3) is 11.8 Å². The number of carbonyl (C=O) groups is 2. The van der Waals surface area contributed by atoms with Crippen molar-refractivity contribution in [1.82, 2.24) is 9.88 Å². The number of hydrogen-bond donors (Lipinski definition) is 1. The molecule has 7 heteroatoms. The van der Waals surface area contributed by atoms with Gasteiger partial charge in [-0.2, -0.15) is 0 Å². The molecular weight excluding hydrogens is 346 g/mol. The highest BCUT2D eigenvalue weighted by Crippen LogP contribution is 2.29. The number of nitrogens with one attached hydrogen (secondary N) is 1. The van der Waals surface area contributed by atoms with Crippen LogP contribution in [0.4, 0.5) is 5.69 Å². The van der Waals surface area contributed by atoms with Gasteiger partial charge in [0.15, 0.2) is 0 Å². The van der Waals surface area contributed by atoms with Gasteiger partial charge < -0.3 is 19.7 Å². The molecule has 2 heterocycles. The number of piperidine rings is 1. The Kier molecular flexibility index (Phi) is 5.90. The molecule has 0 spiro atoms. The third-order valence-electron chi connectivity index (χ3n) is 4.55. The fraction of sp³-hybridized carbons (Fsp3) is 0.350. The first kappa shape index (κ1) is 18.7. The number of hydrogen-bond acceptors (Lipinski definition) is 5. The van der Waals surface area contributed by atoms with E-state index in [-0.39, 0.29) is 11.8 Å². The molecule has 1 aliphatic rings. The molecule has 0 bridgehead atoms. The van der Waals surface area contributed by atoms with E-state index in [1.807, 2.05) is 4.90 Å². The number of methoxy groups -OCH3 is 2. The summed E-state index contributed by atoms with van der Waals surface area (Å²) in [5.41, 5.74) is 1.21. The van der Waals surface area contributed by atoms with Gasteiger partial charge in [0.2, 0.25) is 0 Å². The number of likely N-dealkylation sites (tertiary alicyclic amines) is 1. The van der Waals surface area contributed by atoms with Crippen molar-refractivity contribution < 1.29 is 19.1 Å². The highest BCUT2D eigenvalue weighted by molar-refractivity contribution is 6.06. The van der Waals surface area contributed by atoms with Gasteiger partial charge in [-0.15, -0.1) is 0 Å². The van der Waals surface area contributed by atoms with Crippen LogP contribution < -0.4 is 14.8 Å². The number of amides is 2. The largest absolute Gasteiger partial charge is 0.497 e. The molecule has 1 aromatic heterocycles. The van der Waals surface area contributed by atoms with E-state index in [9.17, 15) is 9.59 Å². The normalized spacial score (nSPS) is 13.8. The molecule has 1 aromatic carbocycles. The number of aromatic nitrogens is 1. The van der Waals surface area contributed by atoms with Crippen molar-refractivity contribution in [2.24, 2.45) is 0 Å². The van der Waals surface area contributed by atoms with Crippen LogP contribution in [0.3, 0.4) is 0 Å². The fourth-order valence-corrected chi connectivity index (χ4v) is 3.07. The average Bonchev–Trinajstić information content (AvgIpc) is 2.73. The van der Waals surface area contributed by atoms with E-state index in [0.717, 1.165) is 32.4 Å². The van der Waals surface area contributed by atoms with E-state index in [4.69, 9.17) is 9.47 Å². The molecule has 0 unspecified atom stereocenters. The van der Waals surface area contributed by atoms with Gasteiger partial charge >= 0.3 is 0 Å². The minimum atomic E-state index is -0.373. The summed E-state index contributed by atoms with van der Waals surface area (Å²) in [4.78, 5) is 31.2. The van der Waals surface area contributed by atoms with Crippen LogP contribution in [0.15, 0.2) is 36.7 Å². The van der Waals surface area contributed by atoms with Crippen LogP contribution in [0.1, 0.15) is 40.0 Å². The van der Waals surface area contributed by atoms with Crippen molar-refractivity contribution in [1.29, 1.82) is 0 Å². The highest BCUT2D eigenvalue weighted by atomic mass is 16.5. The van der Waals surface area contributed by atoms with Crippen molar-refractivity contribution >= 4 is 17.5 Å². The first-order valence-electron chi connectivity index (χ1n) is 8.90. The second-order valence-electron chi connectivity index (χ2n) is 6.34. The summed E-state index contributed by atoms with van der Waals surface area (Å²) in [6, 6.07) is 6.70.